The van der Waals surface area contributed by atoms with Crippen molar-refractivity contribution in [3.8, 4) is 0 Å². The number of carbonyl (C=O) groups excluding carboxylic acids is 1. The predicted octanol–water partition coefficient (Wildman–Crippen LogP) is -0.141. The van der Waals surface area contributed by atoms with Gasteiger partial charge in [-0.3, -0.25) is 10.1 Å². The third-order valence-electron chi connectivity index (χ3n) is 1.37. The molecular weight excluding hydrogens is 142 g/mol. The van der Waals surface area contributed by atoms with Gasteiger partial charge in [-0.2, -0.15) is 0 Å². The molecule has 0 fully saturated rings. The van der Waals surface area contributed by atoms with Crippen LogP contribution in [0.15, 0.2) is 4.99 Å². The van der Waals surface area contributed by atoms with E-state index in [1.165, 1.54) is 0 Å². The van der Waals surface area contributed by atoms with Gasteiger partial charge in [-0.1, -0.05) is 0 Å². The maximum absolute atomic E-state index is 10.9. The Balaban J connectivity index is 2.50. The lowest BCUT2D eigenvalue weighted by molar-refractivity contribution is -0.119. The van der Waals surface area contributed by atoms with Crippen LogP contribution in [-0.2, 0) is 4.79 Å². The molecule has 0 aromatic carbocycles. The second-order valence-electron chi connectivity index (χ2n) is 2.94. The van der Waals surface area contributed by atoms with E-state index in [4.69, 9.17) is 0 Å². The van der Waals surface area contributed by atoms with Crippen LogP contribution in [0.4, 0.5) is 0 Å². The Morgan fingerprint density at radius 1 is 1.64 bits per heavy atom. The molecule has 11 heavy (non-hydrogen) atoms. The highest BCUT2D eigenvalue weighted by atomic mass is 16.2. The van der Waals surface area contributed by atoms with Crippen LogP contribution in [0.3, 0.4) is 0 Å². The highest BCUT2D eigenvalue weighted by Crippen LogP contribution is 1.96. The lowest BCUT2D eigenvalue weighted by Crippen LogP contribution is -2.40. The molecule has 0 aliphatic carbocycles. The number of hydrogen-bond donors (Lipinski definition) is 2. The van der Waals surface area contributed by atoms with Crippen molar-refractivity contribution in [3.63, 3.8) is 0 Å². The van der Waals surface area contributed by atoms with Crippen LogP contribution in [0, 0.1) is 0 Å². The molecule has 0 spiro atoms. The number of nitrogens with zero attached hydrogens (tertiary/aromatic N) is 1. The summed E-state index contributed by atoms with van der Waals surface area (Å²) in [5, 5.41) is 5.66. The van der Waals surface area contributed by atoms with Gasteiger partial charge in [0.1, 0.15) is 6.04 Å². The number of aliphatic imine (C=N–C) groups is 1. The first kappa shape index (κ1) is 8.04. The van der Waals surface area contributed by atoms with Gasteiger partial charge in [-0.05, 0) is 20.8 Å². The summed E-state index contributed by atoms with van der Waals surface area (Å²) in [5.41, 5.74) is 0. The number of amides is 1. The average Bonchev–Trinajstić information content (AvgIpc) is 2.10. The summed E-state index contributed by atoms with van der Waals surface area (Å²) in [7, 11) is 0. The summed E-state index contributed by atoms with van der Waals surface area (Å²) in [6.45, 7) is 5.76. The van der Waals surface area contributed by atoms with Gasteiger partial charge in [0, 0.05) is 6.04 Å². The van der Waals surface area contributed by atoms with Crippen molar-refractivity contribution in [2.75, 3.05) is 0 Å². The number of hydrogen-bond acceptors (Lipinski definition) is 3. The van der Waals surface area contributed by atoms with Crippen LogP contribution in [0.5, 0.6) is 0 Å². The highest BCUT2D eigenvalue weighted by Gasteiger charge is 2.21. The summed E-state index contributed by atoms with van der Waals surface area (Å²) < 4.78 is 0. The Morgan fingerprint density at radius 2 is 2.27 bits per heavy atom. The van der Waals surface area contributed by atoms with Gasteiger partial charge in [-0.25, -0.2) is 4.99 Å². The fourth-order valence-electron chi connectivity index (χ4n) is 0.852. The van der Waals surface area contributed by atoms with Crippen molar-refractivity contribution in [3.05, 3.63) is 0 Å². The standard InChI is InChI=1S/C7H13N3O/c1-4(2)8-7-9-5(3)6(11)10-7/h4-5H,1-3H3,(H2,8,9,10,11). The minimum Gasteiger partial charge on any atom is -0.354 e. The van der Waals surface area contributed by atoms with Gasteiger partial charge in [0.2, 0.25) is 0 Å². The summed E-state index contributed by atoms with van der Waals surface area (Å²) in [5.74, 6) is 0.561. The molecule has 2 N–H and O–H groups in total. The van der Waals surface area contributed by atoms with Crippen LogP contribution in [0.25, 0.3) is 0 Å². The Labute approximate surface area is 66.1 Å². The molecule has 1 unspecified atom stereocenters. The van der Waals surface area contributed by atoms with Crippen molar-refractivity contribution in [2.45, 2.75) is 32.9 Å². The Morgan fingerprint density at radius 3 is 2.64 bits per heavy atom. The zero-order chi connectivity index (χ0) is 8.43. The number of carbonyl (C=O) groups is 1. The molecule has 1 atom stereocenters. The fourth-order valence-corrected chi connectivity index (χ4v) is 0.852. The predicted molar refractivity (Wildman–Crippen MR) is 43.3 cm³/mol. The second kappa shape index (κ2) is 2.90. The van der Waals surface area contributed by atoms with Crippen LogP contribution in [-0.4, -0.2) is 24.0 Å². The molecule has 0 aromatic rings. The van der Waals surface area contributed by atoms with Crippen molar-refractivity contribution in [1.29, 1.82) is 0 Å². The number of nitrogens with one attached hydrogen (secondary N) is 2. The topological polar surface area (TPSA) is 53.5 Å². The van der Waals surface area contributed by atoms with Crippen molar-refractivity contribution < 1.29 is 4.79 Å². The molecule has 0 saturated carbocycles. The first-order chi connectivity index (χ1) is 5.09. The number of rotatable bonds is 1. The first-order valence-corrected chi connectivity index (χ1v) is 3.75. The zero-order valence-corrected chi connectivity index (χ0v) is 7.01. The minimum absolute atomic E-state index is 0.0341. The summed E-state index contributed by atoms with van der Waals surface area (Å²) in [4.78, 5) is 15.0. The summed E-state index contributed by atoms with van der Waals surface area (Å²) in [6, 6.07) is 0.0654. The SMILES string of the molecule is CC(C)NC1=NC(C)C(=O)N1. The Hall–Kier alpha value is -1.06. The first-order valence-electron chi connectivity index (χ1n) is 3.75. The molecular formula is C7H13N3O. The molecule has 0 bridgehead atoms. The Kier molecular flexibility index (Phi) is 2.12. The molecule has 0 radical (unpaired) electrons. The number of guanidine groups is 1. The van der Waals surface area contributed by atoms with E-state index in [0.29, 0.717) is 12.0 Å². The van der Waals surface area contributed by atoms with E-state index in [-0.39, 0.29) is 11.9 Å². The molecule has 1 aliphatic heterocycles. The molecule has 62 valence electrons. The smallest absolute Gasteiger partial charge is 0.251 e. The molecule has 0 saturated heterocycles. The van der Waals surface area contributed by atoms with Crippen molar-refractivity contribution >= 4 is 11.9 Å². The lowest BCUT2D eigenvalue weighted by Gasteiger charge is -2.07. The third kappa shape index (κ3) is 1.93. The minimum atomic E-state index is -0.240. The van der Waals surface area contributed by atoms with E-state index in [0.717, 1.165) is 0 Å². The third-order valence-corrected chi connectivity index (χ3v) is 1.37. The fraction of sp³-hybridized carbons (Fsp3) is 0.714. The second-order valence-corrected chi connectivity index (χ2v) is 2.94. The summed E-state index contributed by atoms with van der Waals surface area (Å²) >= 11 is 0. The van der Waals surface area contributed by atoms with E-state index in [1.54, 1.807) is 6.92 Å². The van der Waals surface area contributed by atoms with Gasteiger partial charge >= 0.3 is 0 Å². The van der Waals surface area contributed by atoms with Crippen LogP contribution in [0.2, 0.25) is 0 Å². The van der Waals surface area contributed by atoms with Crippen molar-refractivity contribution in [1.82, 2.24) is 10.6 Å². The quantitative estimate of drug-likeness (QED) is 0.553. The molecule has 1 aliphatic rings. The van der Waals surface area contributed by atoms with E-state index >= 15 is 0 Å². The molecule has 1 amide bonds. The molecule has 1 heterocycles. The van der Waals surface area contributed by atoms with E-state index in [1.807, 2.05) is 13.8 Å². The average molecular weight is 155 g/mol. The van der Waals surface area contributed by atoms with Gasteiger partial charge in [0.25, 0.3) is 5.91 Å². The van der Waals surface area contributed by atoms with E-state index in [9.17, 15) is 4.79 Å². The zero-order valence-electron chi connectivity index (χ0n) is 7.01. The maximum atomic E-state index is 10.9. The van der Waals surface area contributed by atoms with Gasteiger partial charge in [-0.15, -0.1) is 0 Å². The monoisotopic (exact) mass is 155 g/mol. The van der Waals surface area contributed by atoms with E-state index < -0.39 is 0 Å². The van der Waals surface area contributed by atoms with E-state index in [2.05, 4.69) is 15.6 Å². The molecule has 1 rings (SSSR count). The van der Waals surface area contributed by atoms with Crippen LogP contribution < -0.4 is 10.6 Å². The maximum Gasteiger partial charge on any atom is 0.251 e. The largest absolute Gasteiger partial charge is 0.354 e. The molecule has 4 nitrogen and oxygen atoms in total. The Bertz CT molecular complexity index is 198. The molecule has 4 heteroatoms. The highest BCUT2D eigenvalue weighted by molar-refractivity contribution is 6.04. The lowest BCUT2D eigenvalue weighted by atomic mass is 10.4. The van der Waals surface area contributed by atoms with Crippen LogP contribution >= 0.6 is 0 Å². The molecule has 0 aromatic heterocycles. The van der Waals surface area contributed by atoms with Gasteiger partial charge in [0.15, 0.2) is 5.96 Å². The van der Waals surface area contributed by atoms with Crippen molar-refractivity contribution in [2.24, 2.45) is 4.99 Å². The van der Waals surface area contributed by atoms with Gasteiger partial charge < -0.3 is 5.32 Å². The van der Waals surface area contributed by atoms with Crippen LogP contribution in [0.1, 0.15) is 20.8 Å². The van der Waals surface area contributed by atoms with Gasteiger partial charge in [0.05, 0.1) is 0 Å². The summed E-state index contributed by atoms with van der Waals surface area (Å²) in [6.07, 6.45) is 0. The normalized spacial score (nSPS) is 23.5.